The molecule has 0 bridgehead atoms. The molecular formula is C16H23N. The lowest BCUT2D eigenvalue weighted by atomic mass is 9.96. The van der Waals surface area contributed by atoms with Gasteiger partial charge in [-0.3, -0.25) is 0 Å². The van der Waals surface area contributed by atoms with Gasteiger partial charge in [-0.2, -0.15) is 0 Å². The largest absolute Gasteiger partial charge is 0.316 e. The zero-order valence-electron chi connectivity index (χ0n) is 11.1. The zero-order chi connectivity index (χ0) is 12.3. The lowest BCUT2D eigenvalue weighted by Gasteiger charge is -2.11. The fraction of sp³-hybridized carbons (Fsp3) is 0.500. The van der Waals surface area contributed by atoms with E-state index in [-0.39, 0.29) is 0 Å². The second-order valence-corrected chi connectivity index (χ2v) is 4.98. The summed E-state index contributed by atoms with van der Waals surface area (Å²) in [6.45, 7) is 10.8. The maximum atomic E-state index is 4.14. The average Bonchev–Trinajstić information content (AvgIpc) is 2.70. The Hall–Kier alpha value is -1.08. The van der Waals surface area contributed by atoms with E-state index in [4.69, 9.17) is 0 Å². The molecule has 1 aromatic carbocycles. The highest BCUT2D eigenvalue weighted by atomic mass is 14.8. The van der Waals surface area contributed by atoms with Crippen molar-refractivity contribution in [2.75, 3.05) is 13.1 Å². The van der Waals surface area contributed by atoms with Crippen LogP contribution in [0, 0.1) is 6.92 Å². The summed E-state index contributed by atoms with van der Waals surface area (Å²) in [6, 6.07) is 4.56. The number of fused-ring (bicyclic) bond motifs is 1. The van der Waals surface area contributed by atoms with Crippen molar-refractivity contribution >= 4 is 5.57 Å². The summed E-state index contributed by atoms with van der Waals surface area (Å²) in [6.07, 6.45) is 4.69. The molecule has 1 aromatic rings. The van der Waals surface area contributed by atoms with Crippen LogP contribution in [0.4, 0.5) is 0 Å². The first-order chi connectivity index (χ1) is 8.24. The smallest absolute Gasteiger partial charge is 0.000825 e. The summed E-state index contributed by atoms with van der Waals surface area (Å²) in [5, 5.41) is 3.47. The zero-order valence-corrected chi connectivity index (χ0v) is 11.1. The minimum absolute atomic E-state index is 1.09. The Balaban J connectivity index is 2.07. The fourth-order valence-electron chi connectivity index (χ4n) is 2.66. The van der Waals surface area contributed by atoms with Crippen LogP contribution in [-0.2, 0) is 12.8 Å². The topological polar surface area (TPSA) is 12.0 Å². The van der Waals surface area contributed by atoms with E-state index in [0.717, 1.165) is 25.9 Å². The van der Waals surface area contributed by atoms with E-state index in [9.17, 15) is 0 Å². The van der Waals surface area contributed by atoms with Gasteiger partial charge in [0.15, 0.2) is 0 Å². The Morgan fingerprint density at radius 2 is 2.06 bits per heavy atom. The van der Waals surface area contributed by atoms with Gasteiger partial charge in [-0.05, 0) is 73.5 Å². The van der Waals surface area contributed by atoms with Crippen molar-refractivity contribution in [3.05, 3.63) is 41.0 Å². The molecule has 1 aliphatic carbocycles. The number of hydrogen-bond donors (Lipinski definition) is 1. The Bertz CT molecular complexity index is 418. The molecule has 0 amide bonds. The molecule has 0 atom stereocenters. The summed E-state index contributed by atoms with van der Waals surface area (Å²) in [5.74, 6) is 0. The molecule has 92 valence electrons. The van der Waals surface area contributed by atoms with Crippen molar-refractivity contribution in [3.63, 3.8) is 0 Å². The van der Waals surface area contributed by atoms with Gasteiger partial charge < -0.3 is 5.32 Å². The normalized spacial score (nSPS) is 14.1. The summed E-state index contributed by atoms with van der Waals surface area (Å²) < 4.78 is 0. The van der Waals surface area contributed by atoms with E-state index < -0.39 is 0 Å². The monoisotopic (exact) mass is 229 g/mol. The van der Waals surface area contributed by atoms with Crippen molar-refractivity contribution in [2.45, 2.75) is 39.5 Å². The van der Waals surface area contributed by atoms with Crippen molar-refractivity contribution in [3.8, 4) is 0 Å². The van der Waals surface area contributed by atoms with Gasteiger partial charge in [0.1, 0.15) is 0 Å². The van der Waals surface area contributed by atoms with Crippen LogP contribution >= 0.6 is 0 Å². The van der Waals surface area contributed by atoms with Crippen molar-refractivity contribution in [1.29, 1.82) is 0 Å². The first kappa shape index (κ1) is 12.4. The molecule has 0 unspecified atom stereocenters. The number of nitrogens with one attached hydrogen (secondary N) is 1. The SMILES string of the molecule is C=C1CCc2c1ccc(CCNCCC)c2C. The molecule has 0 aliphatic heterocycles. The van der Waals surface area contributed by atoms with E-state index in [2.05, 4.69) is 37.9 Å². The van der Waals surface area contributed by atoms with Gasteiger partial charge in [0.05, 0.1) is 0 Å². The highest BCUT2D eigenvalue weighted by molar-refractivity contribution is 5.72. The molecule has 0 aromatic heterocycles. The molecule has 0 fully saturated rings. The number of allylic oxidation sites excluding steroid dienone is 1. The molecule has 1 nitrogen and oxygen atoms in total. The second kappa shape index (κ2) is 5.50. The lowest BCUT2D eigenvalue weighted by Crippen LogP contribution is -2.18. The third-order valence-electron chi connectivity index (χ3n) is 3.77. The molecule has 0 radical (unpaired) electrons. The predicted molar refractivity (Wildman–Crippen MR) is 75.4 cm³/mol. The van der Waals surface area contributed by atoms with E-state index in [1.807, 2.05) is 0 Å². The first-order valence-corrected chi connectivity index (χ1v) is 6.74. The van der Waals surface area contributed by atoms with Gasteiger partial charge in [-0.1, -0.05) is 25.6 Å². The Morgan fingerprint density at radius 3 is 2.82 bits per heavy atom. The standard InChI is InChI=1S/C16H23N/c1-4-10-17-11-9-14-6-8-15-12(2)5-7-16(15)13(14)3/h6,8,17H,2,4-5,7,9-11H2,1,3H3. The summed E-state index contributed by atoms with van der Waals surface area (Å²) >= 11 is 0. The van der Waals surface area contributed by atoms with Crippen LogP contribution in [0.1, 0.15) is 42.0 Å². The Labute approximate surface area is 105 Å². The number of benzene rings is 1. The van der Waals surface area contributed by atoms with Crippen molar-refractivity contribution < 1.29 is 0 Å². The highest BCUT2D eigenvalue weighted by Gasteiger charge is 2.17. The van der Waals surface area contributed by atoms with E-state index in [1.54, 1.807) is 5.56 Å². The molecule has 1 aliphatic rings. The molecule has 0 saturated carbocycles. The maximum Gasteiger partial charge on any atom is -0.000825 e. The maximum absolute atomic E-state index is 4.14. The molecule has 2 rings (SSSR count). The van der Waals surface area contributed by atoms with Crippen LogP contribution < -0.4 is 5.32 Å². The molecule has 0 saturated heterocycles. The first-order valence-electron chi connectivity index (χ1n) is 6.74. The van der Waals surface area contributed by atoms with E-state index in [0.29, 0.717) is 0 Å². The minimum Gasteiger partial charge on any atom is -0.316 e. The molecule has 17 heavy (non-hydrogen) atoms. The Morgan fingerprint density at radius 1 is 1.24 bits per heavy atom. The van der Waals surface area contributed by atoms with E-state index in [1.165, 1.54) is 35.1 Å². The quantitative estimate of drug-likeness (QED) is 0.762. The number of rotatable bonds is 5. The second-order valence-electron chi connectivity index (χ2n) is 4.98. The van der Waals surface area contributed by atoms with Gasteiger partial charge in [-0.25, -0.2) is 0 Å². The molecule has 0 heterocycles. The molecule has 1 heteroatoms. The van der Waals surface area contributed by atoms with Crippen LogP contribution in [0.2, 0.25) is 0 Å². The molecular weight excluding hydrogens is 206 g/mol. The van der Waals surface area contributed by atoms with Crippen molar-refractivity contribution in [1.82, 2.24) is 5.32 Å². The van der Waals surface area contributed by atoms with Crippen LogP contribution in [0.25, 0.3) is 5.57 Å². The third-order valence-corrected chi connectivity index (χ3v) is 3.77. The molecule has 1 N–H and O–H groups in total. The van der Waals surface area contributed by atoms with Gasteiger partial charge in [0, 0.05) is 0 Å². The van der Waals surface area contributed by atoms with Crippen LogP contribution in [-0.4, -0.2) is 13.1 Å². The lowest BCUT2D eigenvalue weighted by molar-refractivity contribution is 0.670. The highest BCUT2D eigenvalue weighted by Crippen LogP contribution is 2.34. The minimum atomic E-state index is 1.09. The van der Waals surface area contributed by atoms with Crippen molar-refractivity contribution in [2.24, 2.45) is 0 Å². The number of hydrogen-bond acceptors (Lipinski definition) is 1. The Kier molecular flexibility index (Phi) is 4.01. The van der Waals surface area contributed by atoms with Crippen LogP contribution in [0.3, 0.4) is 0 Å². The predicted octanol–water partition coefficient (Wildman–Crippen LogP) is 3.50. The van der Waals surface area contributed by atoms with Gasteiger partial charge >= 0.3 is 0 Å². The summed E-state index contributed by atoms with van der Waals surface area (Å²) in [5.41, 5.74) is 7.27. The van der Waals surface area contributed by atoms with Crippen LogP contribution in [0.5, 0.6) is 0 Å². The van der Waals surface area contributed by atoms with Gasteiger partial charge in [-0.15, -0.1) is 0 Å². The van der Waals surface area contributed by atoms with Gasteiger partial charge in [0.25, 0.3) is 0 Å². The third kappa shape index (κ3) is 2.61. The van der Waals surface area contributed by atoms with E-state index >= 15 is 0 Å². The average molecular weight is 229 g/mol. The fourth-order valence-corrected chi connectivity index (χ4v) is 2.66. The summed E-state index contributed by atoms with van der Waals surface area (Å²) in [4.78, 5) is 0. The van der Waals surface area contributed by atoms with Gasteiger partial charge in [0.2, 0.25) is 0 Å². The molecule has 0 spiro atoms. The van der Waals surface area contributed by atoms with Crippen LogP contribution in [0.15, 0.2) is 18.7 Å². The summed E-state index contributed by atoms with van der Waals surface area (Å²) in [7, 11) is 0.